The van der Waals surface area contributed by atoms with E-state index >= 15 is 0 Å². The van der Waals surface area contributed by atoms with E-state index < -0.39 is 0 Å². The first-order valence-corrected chi connectivity index (χ1v) is 12.0. The Kier molecular flexibility index (Phi) is 7.05. The molecular formula is C20H31ClN6OS. The van der Waals surface area contributed by atoms with Crippen LogP contribution in [0.1, 0.15) is 12.8 Å². The number of halogens is 1. The van der Waals surface area contributed by atoms with Crippen LogP contribution in [0.4, 0.5) is 5.82 Å². The minimum absolute atomic E-state index is 0.204. The number of guanidine groups is 1. The number of nitrogens with zero attached hydrogens (tertiary/aromatic N) is 4. The molecule has 3 fully saturated rings. The van der Waals surface area contributed by atoms with Crippen molar-refractivity contribution >= 4 is 35.1 Å². The molecule has 3 saturated heterocycles. The second kappa shape index (κ2) is 9.73. The van der Waals surface area contributed by atoms with Crippen LogP contribution in [0.25, 0.3) is 0 Å². The molecule has 0 bridgehead atoms. The standard InChI is InChI=1S/C20H31ClN6OS/c1-22-19(24-14-20(5-12-29-15-20)27-8-10-28-11-9-27)25-16-4-7-26(13-16)18-17(21)3-2-6-23-18/h2-3,6,16H,4-5,7-15H2,1H3,(H2,22,24,25). The van der Waals surface area contributed by atoms with E-state index in [1.165, 1.54) is 17.9 Å². The Morgan fingerprint density at radius 2 is 2.28 bits per heavy atom. The van der Waals surface area contributed by atoms with Crippen LogP contribution in [0.3, 0.4) is 0 Å². The van der Waals surface area contributed by atoms with Crippen LogP contribution in [0.2, 0.25) is 5.02 Å². The van der Waals surface area contributed by atoms with E-state index in [1.807, 2.05) is 19.2 Å². The van der Waals surface area contributed by atoms with E-state index in [0.717, 1.165) is 64.1 Å². The maximum atomic E-state index is 6.32. The van der Waals surface area contributed by atoms with Crippen molar-refractivity contribution in [3.8, 4) is 0 Å². The van der Waals surface area contributed by atoms with Gasteiger partial charge in [-0.3, -0.25) is 9.89 Å². The Bertz CT molecular complexity index is 708. The minimum Gasteiger partial charge on any atom is -0.379 e. The SMILES string of the molecule is CN=C(NCC1(N2CCOCC2)CCSC1)NC1CCN(c2ncccc2Cl)C1. The predicted molar refractivity (Wildman–Crippen MR) is 121 cm³/mol. The van der Waals surface area contributed by atoms with Crippen molar-refractivity contribution in [2.45, 2.75) is 24.4 Å². The Labute approximate surface area is 182 Å². The molecular weight excluding hydrogens is 408 g/mol. The van der Waals surface area contributed by atoms with Gasteiger partial charge in [-0.25, -0.2) is 4.98 Å². The molecule has 29 heavy (non-hydrogen) atoms. The van der Waals surface area contributed by atoms with Crippen molar-refractivity contribution < 1.29 is 4.74 Å². The van der Waals surface area contributed by atoms with Gasteiger partial charge < -0.3 is 20.3 Å². The highest BCUT2D eigenvalue weighted by atomic mass is 35.5. The van der Waals surface area contributed by atoms with Crippen LogP contribution in [0, 0.1) is 0 Å². The summed E-state index contributed by atoms with van der Waals surface area (Å²) in [7, 11) is 1.85. The van der Waals surface area contributed by atoms with Crippen LogP contribution in [-0.2, 0) is 4.74 Å². The van der Waals surface area contributed by atoms with Gasteiger partial charge >= 0.3 is 0 Å². The van der Waals surface area contributed by atoms with E-state index in [9.17, 15) is 0 Å². The summed E-state index contributed by atoms with van der Waals surface area (Å²) in [5.41, 5.74) is 0.204. The molecule has 2 unspecified atom stereocenters. The van der Waals surface area contributed by atoms with Gasteiger partial charge in [0.15, 0.2) is 5.96 Å². The van der Waals surface area contributed by atoms with Crippen LogP contribution in [-0.4, -0.2) is 91.9 Å². The average Bonchev–Trinajstić information content (AvgIpc) is 3.42. The van der Waals surface area contributed by atoms with Crippen molar-refractivity contribution in [2.24, 2.45) is 4.99 Å². The third-order valence-corrected chi connectivity index (χ3v) is 7.67. The lowest BCUT2D eigenvalue weighted by Crippen LogP contribution is -2.60. The number of ether oxygens (including phenoxy) is 1. The Balaban J connectivity index is 1.32. The van der Waals surface area contributed by atoms with Crippen LogP contribution in [0.5, 0.6) is 0 Å². The molecule has 0 radical (unpaired) electrons. The van der Waals surface area contributed by atoms with Gasteiger partial charge in [-0.05, 0) is 30.7 Å². The maximum Gasteiger partial charge on any atom is 0.191 e. The van der Waals surface area contributed by atoms with Crippen molar-refractivity contribution in [3.63, 3.8) is 0 Å². The van der Waals surface area contributed by atoms with Crippen LogP contribution in [0.15, 0.2) is 23.3 Å². The number of nitrogens with one attached hydrogen (secondary N) is 2. The Morgan fingerprint density at radius 1 is 1.41 bits per heavy atom. The summed E-state index contributed by atoms with van der Waals surface area (Å²) in [6.45, 7) is 6.47. The van der Waals surface area contributed by atoms with E-state index in [4.69, 9.17) is 16.3 Å². The van der Waals surface area contributed by atoms with Gasteiger partial charge in [0.25, 0.3) is 0 Å². The molecule has 0 spiro atoms. The normalized spacial score (nSPS) is 28.7. The number of pyridine rings is 1. The topological polar surface area (TPSA) is 65.0 Å². The third-order valence-electron chi connectivity index (χ3n) is 6.14. The molecule has 3 aliphatic rings. The van der Waals surface area contributed by atoms with Crippen molar-refractivity contribution in [1.82, 2.24) is 20.5 Å². The van der Waals surface area contributed by atoms with Crippen molar-refractivity contribution in [1.29, 1.82) is 0 Å². The molecule has 2 atom stereocenters. The molecule has 3 aliphatic heterocycles. The fourth-order valence-electron chi connectivity index (χ4n) is 4.45. The first kappa shape index (κ1) is 21.0. The summed E-state index contributed by atoms with van der Waals surface area (Å²) in [5.74, 6) is 4.16. The van der Waals surface area contributed by atoms with Crippen molar-refractivity contribution in [3.05, 3.63) is 23.4 Å². The number of aromatic nitrogens is 1. The largest absolute Gasteiger partial charge is 0.379 e. The quantitative estimate of drug-likeness (QED) is 0.535. The van der Waals surface area contributed by atoms with Crippen LogP contribution < -0.4 is 15.5 Å². The number of hydrogen-bond acceptors (Lipinski definition) is 6. The smallest absolute Gasteiger partial charge is 0.191 e. The van der Waals surface area contributed by atoms with E-state index in [0.29, 0.717) is 11.1 Å². The van der Waals surface area contributed by atoms with Gasteiger partial charge in [0.05, 0.1) is 18.2 Å². The van der Waals surface area contributed by atoms with Gasteiger partial charge in [-0.2, -0.15) is 11.8 Å². The zero-order valence-corrected chi connectivity index (χ0v) is 18.6. The number of aliphatic imine (C=N–C) groups is 1. The molecule has 1 aromatic heterocycles. The maximum absolute atomic E-state index is 6.32. The molecule has 0 aliphatic carbocycles. The van der Waals surface area contributed by atoms with Gasteiger partial charge in [-0.15, -0.1) is 0 Å². The van der Waals surface area contributed by atoms with Gasteiger partial charge in [0.1, 0.15) is 5.82 Å². The molecule has 0 saturated carbocycles. The molecule has 9 heteroatoms. The number of morpholine rings is 1. The van der Waals surface area contributed by atoms with Crippen molar-refractivity contribution in [2.75, 3.05) is 69.4 Å². The summed E-state index contributed by atoms with van der Waals surface area (Å²) in [4.78, 5) is 13.8. The highest BCUT2D eigenvalue weighted by Gasteiger charge is 2.40. The zero-order chi connectivity index (χ0) is 20.1. The lowest BCUT2D eigenvalue weighted by Gasteiger charge is -2.43. The summed E-state index contributed by atoms with van der Waals surface area (Å²) in [6.07, 6.45) is 4.06. The fraction of sp³-hybridized carbons (Fsp3) is 0.700. The number of thioether (sulfide) groups is 1. The number of hydrogen-bond donors (Lipinski definition) is 2. The van der Waals surface area contributed by atoms with E-state index in [-0.39, 0.29) is 5.54 Å². The van der Waals surface area contributed by atoms with Gasteiger partial charge in [0.2, 0.25) is 0 Å². The second-order valence-electron chi connectivity index (χ2n) is 7.94. The van der Waals surface area contributed by atoms with E-state index in [1.54, 1.807) is 6.20 Å². The Morgan fingerprint density at radius 3 is 3.00 bits per heavy atom. The van der Waals surface area contributed by atoms with Gasteiger partial charge in [-0.1, -0.05) is 11.6 Å². The third kappa shape index (κ3) is 4.93. The highest BCUT2D eigenvalue weighted by Crippen LogP contribution is 2.33. The fourth-order valence-corrected chi connectivity index (χ4v) is 6.17. The highest BCUT2D eigenvalue weighted by molar-refractivity contribution is 7.99. The molecule has 160 valence electrons. The first-order chi connectivity index (χ1) is 14.2. The molecule has 0 amide bonds. The lowest BCUT2D eigenvalue weighted by molar-refractivity contribution is -0.0120. The molecule has 7 nitrogen and oxygen atoms in total. The summed E-state index contributed by atoms with van der Waals surface area (Å²) in [6, 6.07) is 4.10. The molecule has 2 N–H and O–H groups in total. The molecule has 4 heterocycles. The minimum atomic E-state index is 0.204. The monoisotopic (exact) mass is 438 g/mol. The molecule has 0 aromatic carbocycles. The number of anilines is 1. The molecule has 4 rings (SSSR count). The molecule has 1 aromatic rings. The number of rotatable bonds is 5. The lowest BCUT2D eigenvalue weighted by atomic mass is 9.95. The van der Waals surface area contributed by atoms with Gasteiger partial charge in [0, 0.05) is 63.3 Å². The average molecular weight is 439 g/mol. The Hall–Kier alpha value is -1.22. The summed E-state index contributed by atoms with van der Waals surface area (Å²) in [5, 5.41) is 7.94. The van der Waals surface area contributed by atoms with Crippen LogP contribution >= 0.6 is 23.4 Å². The van der Waals surface area contributed by atoms with E-state index in [2.05, 4.69) is 42.2 Å². The predicted octanol–water partition coefficient (Wildman–Crippen LogP) is 1.69. The summed E-state index contributed by atoms with van der Waals surface area (Å²) < 4.78 is 5.57. The second-order valence-corrected chi connectivity index (χ2v) is 9.45. The first-order valence-electron chi connectivity index (χ1n) is 10.4. The summed E-state index contributed by atoms with van der Waals surface area (Å²) >= 11 is 8.38. The zero-order valence-electron chi connectivity index (χ0n) is 17.1.